The molecule has 0 aromatic heterocycles. The van der Waals surface area contributed by atoms with Crippen molar-refractivity contribution in [1.29, 1.82) is 0 Å². The van der Waals surface area contributed by atoms with E-state index >= 15 is 0 Å². The van der Waals surface area contributed by atoms with Gasteiger partial charge in [-0.1, -0.05) is 50.3 Å². The Labute approximate surface area is 93.0 Å². The van der Waals surface area contributed by atoms with Crippen molar-refractivity contribution in [2.75, 3.05) is 0 Å². The molecule has 0 fully saturated rings. The van der Waals surface area contributed by atoms with Crippen LogP contribution in [0.4, 0.5) is 0 Å². The number of rotatable bonds is 4. The minimum absolute atomic E-state index is 0.382. The SMILES string of the molecule is C=C(N)C(Cc1ccc(C)cc1)C(C)C. The maximum atomic E-state index is 5.82. The van der Waals surface area contributed by atoms with Crippen LogP contribution in [0.25, 0.3) is 0 Å². The van der Waals surface area contributed by atoms with Crippen LogP contribution in [0, 0.1) is 18.8 Å². The Hall–Kier alpha value is -1.24. The molecule has 1 aromatic carbocycles. The first-order valence-corrected chi connectivity index (χ1v) is 5.50. The van der Waals surface area contributed by atoms with Crippen LogP contribution >= 0.6 is 0 Å². The lowest BCUT2D eigenvalue weighted by molar-refractivity contribution is 0.438. The number of hydrogen-bond acceptors (Lipinski definition) is 1. The van der Waals surface area contributed by atoms with Gasteiger partial charge in [-0.2, -0.15) is 0 Å². The van der Waals surface area contributed by atoms with E-state index in [1.54, 1.807) is 0 Å². The van der Waals surface area contributed by atoms with Crippen LogP contribution < -0.4 is 5.73 Å². The van der Waals surface area contributed by atoms with Gasteiger partial charge in [0.05, 0.1) is 0 Å². The normalized spacial score (nSPS) is 12.8. The third-order valence-corrected chi connectivity index (χ3v) is 2.86. The second-order valence-corrected chi connectivity index (χ2v) is 4.62. The third kappa shape index (κ3) is 3.43. The molecule has 1 atom stereocenters. The minimum Gasteiger partial charge on any atom is -0.402 e. The van der Waals surface area contributed by atoms with E-state index in [2.05, 4.69) is 51.6 Å². The highest BCUT2D eigenvalue weighted by molar-refractivity contribution is 5.22. The molecular formula is C14H21N. The molecule has 0 amide bonds. The molecule has 0 aliphatic heterocycles. The molecule has 0 radical (unpaired) electrons. The largest absolute Gasteiger partial charge is 0.402 e. The summed E-state index contributed by atoms with van der Waals surface area (Å²) in [6, 6.07) is 8.64. The molecule has 1 heteroatoms. The molecule has 2 N–H and O–H groups in total. The van der Waals surface area contributed by atoms with E-state index < -0.39 is 0 Å². The van der Waals surface area contributed by atoms with Crippen molar-refractivity contribution in [3.63, 3.8) is 0 Å². The molecule has 0 aliphatic rings. The molecule has 1 nitrogen and oxygen atoms in total. The molecule has 1 rings (SSSR count). The molecular weight excluding hydrogens is 182 g/mol. The van der Waals surface area contributed by atoms with E-state index in [-0.39, 0.29) is 0 Å². The number of nitrogens with two attached hydrogens (primary N) is 1. The van der Waals surface area contributed by atoms with Gasteiger partial charge in [-0.25, -0.2) is 0 Å². The summed E-state index contributed by atoms with van der Waals surface area (Å²) in [5.41, 5.74) is 9.25. The Bertz CT molecular complexity index is 322. The van der Waals surface area contributed by atoms with Crippen molar-refractivity contribution >= 4 is 0 Å². The van der Waals surface area contributed by atoms with E-state index in [1.807, 2.05) is 0 Å². The van der Waals surface area contributed by atoms with Gasteiger partial charge in [-0.05, 0) is 24.8 Å². The first-order valence-electron chi connectivity index (χ1n) is 5.50. The topological polar surface area (TPSA) is 26.0 Å². The van der Waals surface area contributed by atoms with E-state index in [0.717, 1.165) is 12.1 Å². The van der Waals surface area contributed by atoms with Crippen LogP contribution in [0.1, 0.15) is 25.0 Å². The smallest absolute Gasteiger partial charge is 0.00449 e. The number of aryl methyl sites for hydroxylation is 1. The van der Waals surface area contributed by atoms with Gasteiger partial charge in [-0.15, -0.1) is 0 Å². The summed E-state index contributed by atoms with van der Waals surface area (Å²) in [6.07, 6.45) is 0.993. The molecule has 0 heterocycles. The average Bonchev–Trinajstić information content (AvgIpc) is 2.15. The van der Waals surface area contributed by atoms with E-state index in [0.29, 0.717) is 11.8 Å². The Morgan fingerprint density at radius 1 is 1.27 bits per heavy atom. The van der Waals surface area contributed by atoms with Crippen molar-refractivity contribution in [3.8, 4) is 0 Å². The summed E-state index contributed by atoms with van der Waals surface area (Å²) in [7, 11) is 0. The predicted octanol–water partition coefficient (Wildman–Crippen LogP) is 3.28. The molecule has 0 aliphatic carbocycles. The van der Waals surface area contributed by atoms with E-state index in [9.17, 15) is 0 Å². The fourth-order valence-corrected chi connectivity index (χ4v) is 1.77. The van der Waals surface area contributed by atoms with E-state index in [4.69, 9.17) is 5.73 Å². The summed E-state index contributed by atoms with van der Waals surface area (Å²) >= 11 is 0. The van der Waals surface area contributed by atoms with Gasteiger partial charge in [0.15, 0.2) is 0 Å². The van der Waals surface area contributed by atoms with Crippen LogP contribution in [0.5, 0.6) is 0 Å². The lowest BCUT2D eigenvalue weighted by atomic mass is 9.87. The quantitative estimate of drug-likeness (QED) is 0.798. The van der Waals surface area contributed by atoms with Crippen LogP contribution in [0.2, 0.25) is 0 Å². The summed E-state index contributed by atoms with van der Waals surface area (Å²) in [5, 5.41) is 0. The van der Waals surface area contributed by atoms with Gasteiger partial charge in [0.1, 0.15) is 0 Å². The van der Waals surface area contributed by atoms with Crippen molar-refractivity contribution in [1.82, 2.24) is 0 Å². The monoisotopic (exact) mass is 203 g/mol. The maximum Gasteiger partial charge on any atom is 0.00449 e. The van der Waals surface area contributed by atoms with Gasteiger partial charge in [0.25, 0.3) is 0 Å². The number of benzene rings is 1. The van der Waals surface area contributed by atoms with Gasteiger partial charge in [0.2, 0.25) is 0 Å². The highest BCUT2D eigenvalue weighted by Gasteiger charge is 2.15. The molecule has 1 aromatic rings. The fraction of sp³-hybridized carbons (Fsp3) is 0.429. The molecule has 15 heavy (non-hydrogen) atoms. The highest BCUT2D eigenvalue weighted by Crippen LogP contribution is 2.21. The average molecular weight is 203 g/mol. The highest BCUT2D eigenvalue weighted by atomic mass is 14.6. The van der Waals surface area contributed by atoms with Gasteiger partial charge in [0, 0.05) is 11.6 Å². The standard InChI is InChI=1S/C14H21N/c1-10(2)14(12(4)15)9-13-7-5-11(3)6-8-13/h5-8,10,14H,4,9,15H2,1-3H3. The predicted molar refractivity (Wildman–Crippen MR) is 66.5 cm³/mol. The van der Waals surface area contributed by atoms with Crippen LogP contribution in [0.15, 0.2) is 36.5 Å². The zero-order valence-corrected chi connectivity index (χ0v) is 9.96. The molecule has 82 valence electrons. The molecule has 1 unspecified atom stereocenters. The first kappa shape index (κ1) is 11.8. The maximum absolute atomic E-state index is 5.82. The molecule has 0 saturated carbocycles. The van der Waals surface area contributed by atoms with Gasteiger partial charge >= 0.3 is 0 Å². The summed E-state index contributed by atoms with van der Waals surface area (Å²) in [4.78, 5) is 0. The summed E-state index contributed by atoms with van der Waals surface area (Å²) < 4.78 is 0. The number of hydrogen-bond donors (Lipinski definition) is 1. The second-order valence-electron chi connectivity index (χ2n) is 4.62. The fourth-order valence-electron chi connectivity index (χ4n) is 1.77. The van der Waals surface area contributed by atoms with Crippen molar-refractivity contribution < 1.29 is 0 Å². The van der Waals surface area contributed by atoms with Gasteiger partial charge < -0.3 is 5.73 Å². The zero-order chi connectivity index (χ0) is 11.4. The van der Waals surface area contributed by atoms with Crippen molar-refractivity contribution in [2.45, 2.75) is 27.2 Å². The lowest BCUT2D eigenvalue weighted by Crippen LogP contribution is -2.19. The van der Waals surface area contributed by atoms with Gasteiger partial charge in [-0.3, -0.25) is 0 Å². The third-order valence-electron chi connectivity index (χ3n) is 2.86. The molecule has 0 spiro atoms. The van der Waals surface area contributed by atoms with Crippen LogP contribution in [-0.4, -0.2) is 0 Å². The van der Waals surface area contributed by atoms with Crippen molar-refractivity contribution in [3.05, 3.63) is 47.7 Å². The molecule has 0 bridgehead atoms. The Balaban J connectivity index is 2.74. The summed E-state index contributed by atoms with van der Waals surface area (Å²) in [6.45, 7) is 10.4. The molecule has 0 saturated heterocycles. The van der Waals surface area contributed by atoms with Crippen LogP contribution in [-0.2, 0) is 6.42 Å². The Morgan fingerprint density at radius 2 is 1.80 bits per heavy atom. The van der Waals surface area contributed by atoms with Crippen molar-refractivity contribution in [2.24, 2.45) is 17.6 Å². The first-order chi connectivity index (χ1) is 7.00. The zero-order valence-electron chi connectivity index (χ0n) is 9.96. The number of allylic oxidation sites excluding steroid dienone is 1. The minimum atomic E-state index is 0.382. The Kier molecular flexibility index (Phi) is 3.96. The Morgan fingerprint density at radius 3 is 2.20 bits per heavy atom. The van der Waals surface area contributed by atoms with Crippen LogP contribution in [0.3, 0.4) is 0 Å². The summed E-state index contributed by atoms with van der Waals surface area (Å²) in [5.74, 6) is 0.927. The van der Waals surface area contributed by atoms with E-state index in [1.165, 1.54) is 11.1 Å². The lowest BCUT2D eigenvalue weighted by Gasteiger charge is -2.20. The second kappa shape index (κ2) is 5.01.